The van der Waals surface area contributed by atoms with Crippen LogP contribution in [-0.2, 0) is 13.2 Å². The predicted octanol–water partition coefficient (Wildman–Crippen LogP) is 3.12. The molecule has 0 aliphatic heterocycles. The summed E-state index contributed by atoms with van der Waals surface area (Å²) in [7, 11) is 1.83. The lowest BCUT2D eigenvalue weighted by molar-refractivity contribution is 0.286. The van der Waals surface area contributed by atoms with E-state index in [0.717, 1.165) is 11.1 Å². The molecular weight excluding hydrogens is 229 g/mol. The van der Waals surface area contributed by atoms with E-state index in [1.54, 1.807) is 6.07 Å². The van der Waals surface area contributed by atoms with Gasteiger partial charge in [0.2, 0.25) is 0 Å². The van der Waals surface area contributed by atoms with Crippen LogP contribution in [0.15, 0.2) is 48.5 Å². The highest BCUT2D eigenvalue weighted by atomic mass is 19.1. The topological polar surface area (TPSA) is 21.3 Å². The van der Waals surface area contributed by atoms with Crippen molar-refractivity contribution in [3.05, 3.63) is 65.5 Å². The zero-order valence-corrected chi connectivity index (χ0v) is 10.3. The SMILES string of the molecule is CNCc1cccc(F)c1OCc1ccccc1. The molecular formula is C15H16FNO. The third-order valence-corrected chi connectivity index (χ3v) is 2.64. The normalized spacial score (nSPS) is 10.3. The van der Waals surface area contributed by atoms with Gasteiger partial charge in [0, 0.05) is 12.1 Å². The number of para-hydroxylation sites is 1. The van der Waals surface area contributed by atoms with Gasteiger partial charge < -0.3 is 10.1 Å². The van der Waals surface area contributed by atoms with Crippen LogP contribution in [0.5, 0.6) is 5.75 Å². The fourth-order valence-electron chi connectivity index (χ4n) is 1.77. The van der Waals surface area contributed by atoms with Crippen LogP contribution in [0.1, 0.15) is 11.1 Å². The van der Waals surface area contributed by atoms with E-state index < -0.39 is 0 Å². The van der Waals surface area contributed by atoms with Crippen molar-refractivity contribution in [2.75, 3.05) is 7.05 Å². The Morgan fingerprint density at radius 2 is 1.83 bits per heavy atom. The van der Waals surface area contributed by atoms with Crippen molar-refractivity contribution in [1.82, 2.24) is 5.32 Å². The van der Waals surface area contributed by atoms with Crippen molar-refractivity contribution in [3.63, 3.8) is 0 Å². The second-order valence-electron chi connectivity index (χ2n) is 4.03. The molecule has 1 N–H and O–H groups in total. The van der Waals surface area contributed by atoms with Crippen molar-refractivity contribution in [3.8, 4) is 5.75 Å². The van der Waals surface area contributed by atoms with Crippen LogP contribution in [0, 0.1) is 5.82 Å². The summed E-state index contributed by atoms with van der Waals surface area (Å²) >= 11 is 0. The van der Waals surface area contributed by atoms with Gasteiger partial charge in [-0.2, -0.15) is 0 Å². The number of benzene rings is 2. The third-order valence-electron chi connectivity index (χ3n) is 2.64. The highest BCUT2D eigenvalue weighted by Crippen LogP contribution is 2.23. The van der Waals surface area contributed by atoms with Crippen LogP contribution >= 0.6 is 0 Å². The molecule has 0 saturated carbocycles. The molecule has 2 nitrogen and oxygen atoms in total. The molecule has 0 radical (unpaired) electrons. The van der Waals surface area contributed by atoms with Gasteiger partial charge in [-0.15, -0.1) is 0 Å². The lowest BCUT2D eigenvalue weighted by Crippen LogP contribution is -2.08. The van der Waals surface area contributed by atoms with Crippen molar-refractivity contribution >= 4 is 0 Å². The van der Waals surface area contributed by atoms with Crippen molar-refractivity contribution in [1.29, 1.82) is 0 Å². The standard InChI is InChI=1S/C15H16FNO/c1-17-10-13-8-5-9-14(16)15(13)18-11-12-6-3-2-4-7-12/h2-9,17H,10-11H2,1H3. The molecule has 0 aliphatic rings. The van der Waals surface area contributed by atoms with E-state index in [-0.39, 0.29) is 5.82 Å². The molecule has 0 heterocycles. The Kier molecular flexibility index (Phi) is 4.31. The van der Waals surface area contributed by atoms with Gasteiger partial charge in [-0.25, -0.2) is 4.39 Å². The van der Waals surface area contributed by atoms with Gasteiger partial charge >= 0.3 is 0 Å². The lowest BCUT2D eigenvalue weighted by atomic mass is 10.2. The molecule has 2 rings (SSSR count). The molecule has 18 heavy (non-hydrogen) atoms. The monoisotopic (exact) mass is 245 g/mol. The number of hydrogen-bond acceptors (Lipinski definition) is 2. The van der Waals surface area contributed by atoms with Crippen molar-refractivity contribution in [2.45, 2.75) is 13.2 Å². The third kappa shape index (κ3) is 3.08. The van der Waals surface area contributed by atoms with Crippen LogP contribution in [0.2, 0.25) is 0 Å². The summed E-state index contributed by atoms with van der Waals surface area (Å²) in [5.41, 5.74) is 1.85. The molecule has 0 unspecified atom stereocenters. The first-order chi connectivity index (χ1) is 8.81. The van der Waals surface area contributed by atoms with Crippen LogP contribution in [0.3, 0.4) is 0 Å². The second-order valence-corrected chi connectivity index (χ2v) is 4.03. The summed E-state index contributed by atoms with van der Waals surface area (Å²) < 4.78 is 19.3. The van der Waals surface area contributed by atoms with Crippen molar-refractivity contribution in [2.24, 2.45) is 0 Å². The highest BCUT2D eigenvalue weighted by molar-refractivity contribution is 5.35. The molecule has 0 fully saturated rings. The van der Waals surface area contributed by atoms with Gasteiger partial charge in [-0.1, -0.05) is 42.5 Å². The van der Waals surface area contributed by atoms with E-state index in [4.69, 9.17) is 4.74 Å². The van der Waals surface area contributed by atoms with E-state index in [9.17, 15) is 4.39 Å². The maximum atomic E-state index is 13.7. The smallest absolute Gasteiger partial charge is 0.165 e. The number of halogens is 1. The number of ether oxygens (including phenoxy) is 1. The second kappa shape index (κ2) is 6.17. The number of hydrogen-bond donors (Lipinski definition) is 1. The van der Waals surface area contributed by atoms with Crippen LogP contribution < -0.4 is 10.1 Å². The van der Waals surface area contributed by atoms with Gasteiger partial charge in [0.1, 0.15) is 6.61 Å². The van der Waals surface area contributed by atoms with Gasteiger partial charge in [0.05, 0.1) is 0 Å². The Labute approximate surface area is 106 Å². The summed E-state index contributed by atoms with van der Waals surface area (Å²) in [6.45, 7) is 0.959. The van der Waals surface area contributed by atoms with Gasteiger partial charge in [0.25, 0.3) is 0 Å². The Morgan fingerprint density at radius 1 is 1.06 bits per heavy atom. The first-order valence-corrected chi connectivity index (χ1v) is 5.90. The van der Waals surface area contributed by atoms with E-state index >= 15 is 0 Å². The average molecular weight is 245 g/mol. The maximum absolute atomic E-state index is 13.7. The minimum atomic E-state index is -0.321. The predicted molar refractivity (Wildman–Crippen MR) is 69.9 cm³/mol. The molecule has 0 amide bonds. The van der Waals surface area contributed by atoms with E-state index in [1.807, 2.05) is 43.4 Å². The molecule has 0 atom stereocenters. The molecule has 2 aromatic carbocycles. The molecule has 94 valence electrons. The minimum Gasteiger partial charge on any atom is -0.485 e. The summed E-state index contributed by atoms with van der Waals surface area (Å²) in [4.78, 5) is 0. The molecule has 3 heteroatoms. The fourth-order valence-corrected chi connectivity index (χ4v) is 1.77. The molecule has 2 aromatic rings. The summed E-state index contributed by atoms with van der Waals surface area (Å²) in [6.07, 6.45) is 0. The fraction of sp³-hybridized carbons (Fsp3) is 0.200. The Morgan fingerprint density at radius 3 is 2.56 bits per heavy atom. The average Bonchev–Trinajstić information content (AvgIpc) is 2.40. The lowest BCUT2D eigenvalue weighted by Gasteiger charge is -2.12. The van der Waals surface area contributed by atoms with E-state index in [1.165, 1.54) is 6.07 Å². The minimum absolute atomic E-state index is 0.321. The first kappa shape index (κ1) is 12.6. The number of nitrogens with one attached hydrogen (secondary N) is 1. The van der Waals surface area contributed by atoms with Crippen LogP contribution in [0.25, 0.3) is 0 Å². The molecule has 0 aliphatic carbocycles. The largest absolute Gasteiger partial charge is 0.485 e. The van der Waals surface area contributed by atoms with E-state index in [0.29, 0.717) is 18.9 Å². The van der Waals surface area contributed by atoms with Gasteiger partial charge in [-0.05, 0) is 18.7 Å². The molecule has 0 aromatic heterocycles. The maximum Gasteiger partial charge on any atom is 0.165 e. The summed E-state index contributed by atoms with van der Waals surface area (Å²) in [5.74, 6) is 0.00869. The Hall–Kier alpha value is -1.87. The number of rotatable bonds is 5. The molecule has 0 saturated heterocycles. The van der Waals surface area contributed by atoms with Crippen LogP contribution in [0.4, 0.5) is 4.39 Å². The Bertz CT molecular complexity index is 499. The quantitative estimate of drug-likeness (QED) is 0.873. The first-order valence-electron chi connectivity index (χ1n) is 5.90. The Balaban J connectivity index is 2.13. The highest BCUT2D eigenvalue weighted by Gasteiger charge is 2.09. The molecule has 0 bridgehead atoms. The summed E-state index contributed by atoms with van der Waals surface area (Å²) in [5, 5.41) is 3.00. The van der Waals surface area contributed by atoms with Gasteiger partial charge in [0.15, 0.2) is 11.6 Å². The molecule has 0 spiro atoms. The zero-order valence-electron chi connectivity index (χ0n) is 10.3. The van der Waals surface area contributed by atoms with E-state index in [2.05, 4.69) is 5.32 Å². The van der Waals surface area contributed by atoms with Gasteiger partial charge in [-0.3, -0.25) is 0 Å². The van der Waals surface area contributed by atoms with Crippen LogP contribution in [-0.4, -0.2) is 7.05 Å². The van der Waals surface area contributed by atoms with Crippen molar-refractivity contribution < 1.29 is 9.13 Å². The zero-order chi connectivity index (χ0) is 12.8. The summed E-state index contributed by atoms with van der Waals surface area (Å²) in [6, 6.07) is 14.7.